The third-order valence-electron chi connectivity index (χ3n) is 2.87. The lowest BCUT2D eigenvalue weighted by Gasteiger charge is -2.28. The van der Waals surface area contributed by atoms with Crippen LogP contribution in [0.15, 0.2) is 5.16 Å². The minimum Gasteiger partial charge on any atom is -0.411 e. The van der Waals surface area contributed by atoms with Gasteiger partial charge in [0.15, 0.2) is 0 Å². The summed E-state index contributed by atoms with van der Waals surface area (Å²) in [4.78, 5) is 0. The highest BCUT2D eigenvalue weighted by atomic mass is 16.5. The van der Waals surface area contributed by atoms with Crippen molar-refractivity contribution in [1.29, 1.82) is 0 Å². The predicted octanol–water partition coefficient (Wildman–Crippen LogP) is -0.282. The van der Waals surface area contributed by atoms with Gasteiger partial charge in [0.05, 0.1) is 24.5 Å². The Hall–Kier alpha value is -0.650. The Morgan fingerprint density at radius 1 is 1.50 bits per heavy atom. The number of nitrogens with one attached hydrogen (secondary N) is 1. The van der Waals surface area contributed by atoms with Crippen molar-refractivity contribution >= 4 is 5.71 Å². The van der Waals surface area contributed by atoms with Crippen molar-refractivity contribution in [3.63, 3.8) is 0 Å². The molecule has 2 aliphatic heterocycles. The van der Waals surface area contributed by atoms with Crippen LogP contribution in [0.5, 0.6) is 0 Å². The molecule has 0 aromatic carbocycles. The van der Waals surface area contributed by atoms with Gasteiger partial charge in [0, 0.05) is 31.8 Å². The minimum absolute atomic E-state index is 0.0575. The summed E-state index contributed by atoms with van der Waals surface area (Å²) in [5.41, 5.74) is 0.818. The van der Waals surface area contributed by atoms with E-state index < -0.39 is 0 Å². The highest BCUT2D eigenvalue weighted by molar-refractivity contribution is 5.85. The first-order valence-corrected chi connectivity index (χ1v) is 5.02. The minimum atomic E-state index is -0.335. The Kier molecular flexibility index (Phi) is 3.00. The second-order valence-corrected chi connectivity index (χ2v) is 3.94. The Bertz CT molecular complexity index is 232. The smallest absolute Gasteiger partial charge is 0.0799 e. The molecule has 3 unspecified atom stereocenters. The van der Waals surface area contributed by atoms with Crippen LogP contribution < -0.4 is 5.32 Å². The summed E-state index contributed by atoms with van der Waals surface area (Å²) in [5.74, 6) is 0. The van der Waals surface area contributed by atoms with Crippen LogP contribution in [0.1, 0.15) is 19.3 Å². The lowest BCUT2D eigenvalue weighted by atomic mass is 9.96. The van der Waals surface area contributed by atoms with E-state index in [4.69, 9.17) is 9.94 Å². The molecule has 3 N–H and O–H groups in total. The van der Waals surface area contributed by atoms with Crippen molar-refractivity contribution in [1.82, 2.24) is 5.32 Å². The Morgan fingerprint density at radius 2 is 2.36 bits per heavy atom. The molecule has 14 heavy (non-hydrogen) atoms. The number of aliphatic hydroxyl groups is 1. The zero-order chi connectivity index (χ0) is 9.97. The van der Waals surface area contributed by atoms with Gasteiger partial charge >= 0.3 is 0 Å². The molecule has 0 aliphatic carbocycles. The van der Waals surface area contributed by atoms with E-state index in [1.165, 1.54) is 0 Å². The standard InChI is InChI=1S/C9H16N2O3/c12-7-4-9(14-5-7)8-3-6(11-13)1-2-10-8/h7-10,12-13H,1-5H2. The molecule has 0 radical (unpaired) electrons. The normalized spacial score (nSPS) is 41.8. The predicted molar refractivity (Wildman–Crippen MR) is 50.6 cm³/mol. The zero-order valence-electron chi connectivity index (χ0n) is 8.02. The number of oxime groups is 1. The Labute approximate surface area is 82.7 Å². The molecule has 0 amide bonds. The highest BCUT2D eigenvalue weighted by Crippen LogP contribution is 2.20. The summed E-state index contributed by atoms with van der Waals surface area (Å²) in [7, 11) is 0. The van der Waals surface area contributed by atoms with E-state index in [0.717, 1.165) is 18.7 Å². The maximum absolute atomic E-state index is 9.32. The first-order valence-electron chi connectivity index (χ1n) is 5.02. The largest absolute Gasteiger partial charge is 0.411 e. The summed E-state index contributed by atoms with van der Waals surface area (Å²) in [6.45, 7) is 1.24. The van der Waals surface area contributed by atoms with E-state index in [9.17, 15) is 5.11 Å². The molecule has 5 heteroatoms. The van der Waals surface area contributed by atoms with Gasteiger partial charge in [-0.25, -0.2) is 0 Å². The van der Waals surface area contributed by atoms with Crippen LogP contribution in [0, 0.1) is 0 Å². The summed E-state index contributed by atoms with van der Waals surface area (Å²) < 4.78 is 5.45. The maximum Gasteiger partial charge on any atom is 0.0799 e. The monoisotopic (exact) mass is 200 g/mol. The molecule has 5 nitrogen and oxygen atoms in total. The lowest BCUT2D eigenvalue weighted by molar-refractivity contribution is 0.0663. The van der Waals surface area contributed by atoms with E-state index in [0.29, 0.717) is 19.4 Å². The van der Waals surface area contributed by atoms with Gasteiger partial charge in [-0.15, -0.1) is 0 Å². The maximum atomic E-state index is 9.32. The summed E-state index contributed by atoms with van der Waals surface area (Å²) in [6, 6.07) is 0.187. The molecule has 0 aromatic rings. The zero-order valence-corrected chi connectivity index (χ0v) is 8.02. The average molecular weight is 200 g/mol. The molecule has 2 saturated heterocycles. The second kappa shape index (κ2) is 4.25. The summed E-state index contributed by atoms with van der Waals surface area (Å²) in [5, 5.41) is 24.6. The van der Waals surface area contributed by atoms with Gasteiger partial charge in [-0.2, -0.15) is 0 Å². The molecule has 0 spiro atoms. The van der Waals surface area contributed by atoms with Gasteiger partial charge < -0.3 is 20.4 Å². The third-order valence-corrected chi connectivity index (χ3v) is 2.87. The topological polar surface area (TPSA) is 74.1 Å². The summed E-state index contributed by atoms with van der Waals surface area (Å²) in [6.07, 6.45) is 1.91. The van der Waals surface area contributed by atoms with Gasteiger partial charge in [0.25, 0.3) is 0 Å². The SMILES string of the molecule is ON=C1CCNC(C2CC(O)CO2)C1. The number of aliphatic hydroxyl groups excluding tert-OH is 1. The van der Waals surface area contributed by atoms with E-state index in [1.807, 2.05) is 0 Å². The fraction of sp³-hybridized carbons (Fsp3) is 0.889. The highest BCUT2D eigenvalue weighted by Gasteiger charge is 2.33. The van der Waals surface area contributed by atoms with Crippen LogP contribution in [-0.4, -0.2) is 47.4 Å². The number of rotatable bonds is 1. The van der Waals surface area contributed by atoms with E-state index in [-0.39, 0.29) is 18.2 Å². The molecule has 0 saturated carbocycles. The fourth-order valence-corrected chi connectivity index (χ4v) is 2.10. The molecule has 3 atom stereocenters. The second-order valence-electron chi connectivity index (χ2n) is 3.94. The van der Waals surface area contributed by atoms with Gasteiger partial charge in [0.2, 0.25) is 0 Å². The lowest BCUT2D eigenvalue weighted by Crippen LogP contribution is -2.46. The Morgan fingerprint density at radius 3 is 3.00 bits per heavy atom. The van der Waals surface area contributed by atoms with Crippen LogP contribution in [0.3, 0.4) is 0 Å². The van der Waals surface area contributed by atoms with E-state index in [1.54, 1.807) is 0 Å². The molecular weight excluding hydrogens is 184 g/mol. The van der Waals surface area contributed by atoms with Crippen LogP contribution in [0.4, 0.5) is 0 Å². The Balaban J connectivity index is 1.91. The number of hydrogen-bond donors (Lipinski definition) is 3. The molecule has 0 aromatic heterocycles. The van der Waals surface area contributed by atoms with Crippen molar-refractivity contribution in [2.45, 2.75) is 37.5 Å². The molecule has 2 aliphatic rings. The van der Waals surface area contributed by atoms with Crippen molar-refractivity contribution < 1.29 is 15.1 Å². The van der Waals surface area contributed by atoms with Gasteiger partial charge in [-0.1, -0.05) is 5.16 Å². The fourth-order valence-electron chi connectivity index (χ4n) is 2.10. The van der Waals surface area contributed by atoms with Crippen molar-refractivity contribution in [3.8, 4) is 0 Å². The average Bonchev–Trinajstić information content (AvgIpc) is 2.65. The van der Waals surface area contributed by atoms with Crippen LogP contribution >= 0.6 is 0 Å². The first kappa shape index (κ1) is 9.89. The van der Waals surface area contributed by atoms with Gasteiger partial charge in [-0.3, -0.25) is 0 Å². The number of nitrogens with zero attached hydrogens (tertiary/aromatic N) is 1. The van der Waals surface area contributed by atoms with Crippen LogP contribution in [0.2, 0.25) is 0 Å². The third kappa shape index (κ3) is 2.05. The molecule has 80 valence electrons. The van der Waals surface area contributed by atoms with Crippen LogP contribution in [-0.2, 0) is 4.74 Å². The number of piperidine rings is 1. The molecular formula is C9H16N2O3. The quantitative estimate of drug-likeness (QED) is 0.402. The summed E-state index contributed by atoms with van der Waals surface area (Å²) >= 11 is 0. The molecule has 2 fully saturated rings. The number of hydrogen-bond acceptors (Lipinski definition) is 5. The van der Waals surface area contributed by atoms with E-state index in [2.05, 4.69) is 10.5 Å². The first-order chi connectivity index (χ1) is 6.79. The number of ether oxygens (including phenoxy) is 1. The van der Waals surface area contributed by atoms with Crippen molar-refractivity contribution in [2.24, 2.45) is 5.16 Å². The molecule has 2 heterocycles. The van der Waals surface area contributed by atoms with Crippen molar-refractivity contribution in [2.75, 3.05) is 13.2 Å². The van der Waals surface area contributed by atoms with E-state index >= 15 is 0 Å². The van der Waals surface area contributed by atoms with Crippen molar-refractivity contribution in [3.05, 3.63) is 0 Å². The van der Waals surface area contributed by atoms with Crippen LogP contribution in [0.25, 0.3) is 0 Å². The molecule has 2 rings (SSSR count). The molecule has 0 bridgehead atoms. The van der Waals surface area contributed by atoms with Gasteiger partial charge in [0.1, 0.15) is 0 Å². The van der Waals surface area contributed by atoms with Gasteiger partial charge in [-0.05, 0) is 0 Å².